The summed E-state index contributed by atoms with van der Waals surface area (Å²) in [5, 5.41) is 7.55. The average molecular weight is 434 g/mol. The number of benzene rings is 2. The van der Waals surface area contributed by atoms with Crippen molar-refractivity contribution in [2.45, 2.75) is 34.6 Å². The van der Waals surface area contributed by atoms with Crippen LogP contribution in [-0.2, 0) is 4.79 Å². The number of hydrogen-bond donors (Lipinski definition) is 1. The highest BCUT2D eigenvalue weighted by atomic mass is 16.5. The number of carbonyl (C=O) groups excluding carboxylic acids is 1. The Morgan fingerprint density at radius 1 is 1.09 bits per heavy atom. The van der Waals surface area contributed by atoms with Gasteiger partial charge in [0.15, 0.2) is 11.5 Å². The smallest absolute Gasteiger partial charge is 0.248 e. The molecule has 1 heterocycles. The van der Waals surface area contributed by atoms with E-state index in [0.29, 0.717) is 24.0 Å². The van der Waals surface area contributed by atoms with Crippen molar-refractivity contribution in [3.63, 3.8) is 0 Å². The van der Waals surface area contributed by atoms with Crippen LogP contribution in [0.5, 0.6) is 11.5 Å². The second kappa shape index (κ2) is 10.2. The van der Waals surface area contributed by atoms with Gasteiger partial charge in [-0.25, -0.2) is 4.68 Å². The fraction of sp³-hybridized carbons (Fsp3) is 0.308. The van der Waals surface area contributed by atoms with E-state index in [0.717, 1.165) is 28.3 Å². The van der Waals surface area contributed by atoms with Crippen LogP contribution >= 0.6 is 0 Å². The maximum absolute atomic E-state index is 12.6. The van der Waals surface area contributed by atoms with Gasteiger partial charge in [-0.2, -0.15) is 5.10 Å². The standard InChI is InChI=1S/C26H31N3O3/c1-17(2)16-32-23-13-9-21(15-24(23)31-6)10-14-25(30)27-26-19(4)28-29(20(26)5)22-11-7-18(3)8-12-22/h7-15,17H,16H2,1-6H3,(H,27,30)/b14-10-. The van der Waals surface area contributed by atoms with E-state index in [2.05, 4.69) is 24.3 Å². The van der Waals surface area contributed by atoms with E-state index in [-0.39, 0.29) is 5.91 Å². The Labute approximate surface area is 189 Å². The van der Waals surface area contributed by atoms with Gasteiger partial charge in [0.05, 0.1) is 36.5 Å². The zero-order valence-electron chi connectivity index (χ0n) is 19.6. The molecular formula is C26H31N3O3. The highest BCUT2D eigenvalue weighted by molar-refractivity contribution is 6.02. The maximum Gasteiger partial charge on any atom is 0.248 e. The summed E-state index contributed by atoms with van der Waals surface area (Å²) in [4.78, 5) is 12.6. The van der Waals surface area contributed by atoms with Crippen molar-refractivity contribution in [1.82, 2.24) is 9.78 Å². The molecule has 0 spiro atoms. The molecule has 3 rings (SSSR count). The average Bonchev–Trinajstić information content (AvgIpc) is 3.05. The number of rotatable bonds is 8. The molecule has 1 aromatic heterocycles. The second-order valence-electron chi connectivity index (χ2n) is 8.23. The number of hydrogen-bond acceptors (Lipinski definition) is 4. The lowest BCUT2D eigenvalue weighted by molar-refractivity contribution is -0.111. The number of methoxy groups -OCH3 is 1. The van der Waals surface area contributed by atoms with Crippen LogP contribution in [0.3, 0.4) is 0 Å². The molecule has 0 saturated heterocycles. The van der Waals surface area contributed by atoms with E-state index in [9.17, 15) is 4.79 Å². The van der Waals surface area contributed by atoms with E-state index in [1.165, 1.54) is 11.6 Å². The zero-order chi connectivity index (χ0) is 23.3. The van der Waals surface area contributed by atoms with Crippen molar-refractivity contribution < 1.29 is 14.3 Å². The minimum atomic E-state index is -0.223. The molecule has 3 aromatic rings. The fourth-order valence-corrected chi connectivity index (χ4v) is 3.26. The second-order valence-corrected chi connectivity index (χ2v) is 8.23. The van der Waals surface area contributed by atoms with E-state index < -0.39 is 0 Å². The van der Waals surface area contributed by atoms with Crippen molar-refractivity contribution >= 4 is 17.7 Å². The van der Waals surface area contributed by atoms with Gasteiger partial charge < -0.3 is 14.8 Å². The van der Waals surface area contributed by atoms with Gasteiger partial charge in [0.25, 0.3) is 0 Å². The fourth-order valence-electron chi connectivity index (χ4n) is 3.26. The molecule has 0 fully saturated rings. The molecule has 2 aromatic carbocycles. The highest BCUT2D eigenvalue weighted by Gasteiger charge is 2.14. The lowest BCUT2D eigenvalue weighted by atomic mass is 10.2. The predicted molar refractivity (Wildman–Crippen MR) is 129 cm³/mol. The van der Waals surface area contributed by atoms with Crippen LogP contribution in [0, 0.1) is 26.7 Å². The Morgan fingerprint density at radius 3 is 2.47 bits per heavy atom. The number of anilines is 1. The van der Waals surface area contributed by atoms with Crippen molar-refractivity contribution in [3.8, 4) is 17.2 Å². The quantitative estimate of drug-likeness (QED) is 0.477. The van der Waals surface area contributed by atoms with Crippen LogP contribution < -0.4 is 14.8 Å². The molecule has 32 heavy (non-hydrogen) atoms. The Kier molecular flexibility index (Phi) is 7.36. The number of carbonyl (C=O) groups is 1. The highest BCUT2D eigenvalue weighted by Crippen LogP contribution is 2.29. The molecule has 168 valence electrons. The van der Waals surface area contributed by atoms with Crippen LogP contribution in [0.15, 0.2) is 48.5 Å². The lowest BCUT2D eigenvalue weighted by Crippen LogP contribution is -2.09. The van der Waals surface area contributed by atoms with Gasteiger partial charge in [0.1, 0.15) is 0 Å². The Bertz CT molecular complexity index is 1110. The first-order valence-electron chi connectivity index (χ1n) is 10.7. The van der Waals surface area contributed by atoms with Crippen LogP contribution in [0.25, 0.3) is 11.8 Å². The molecule has 0 saturated carbocycles. The molecule has 0 radical (unpaired) electrons. The summed E-state index contributed by atoms with van der Waals surface area (Å²) >= 11 is 0. The van der Waals surface area contributed by atoms with Crippen molar-refractivity contribution in [2.75, 3.05) is 19.0 Å². The van der Waals surface area contributed by atoms with E-state index in [1.807, 2.05) is 67.9 Å². The Hall–Kier alpha value is -3.54. The van der Waals surface area contributed by atoms with Crippen molar-refractivity contribution in [2.24, 2.45) is 5.92 Å². The summed E-state index contributed by atoms with van der Waals surface area (Å²) in [6.07, 6.45) is 3.25. The number of amides is 1. The minimum Gasteiger partial charge on any atom is -0.493 e. The number of aromatic nitrogens is 2. The molecule has 6 heteroatoms. The van der Waals surface area contributed by atoms with Gasteiger partial charge >= 0.3 is 0 Å². The van der Waals surface area contributed by atoms with Crippen LogP contribution in [0.1, 0.15) is 36.4 Å². The van der Waals surface area contributed by atoms with E-state index >= 15 is 0 Å². The van der Waals surface area contributed by atoms with Crippen molar-refractivity contribution in [3.05, 3.63) is 71.1 Å². The number of aryl methyl sites for hydroxylation is 2. The molecule has 0 bridgehead atoms. The summed E-state index contributed by atoms with van der Waals surface area (Å²) < 4.78 is 13.1. The van der Waals surface area contributed by atoms with Crippen LogP contribution in [0.4, 0.5) is 5.69 Å². The topological polar surface area (TPSA) is 65.4 Å². The number of ether oxygens (including phenoxy) is 2. The molecule has 0 aliphatic heterocycles. The predicted octanol–water partition coefficient (Wildman–Crippen LogP) is 5.49. The SMILES string of the molecule is COc1cc(/C=C\C(=O)Nc2c(C)nn(-c3ccc(C)cc3)c2C)ccc1OCC(C)C. The minimum absolute atomic E-state index is 0.223. The normalized spacial score (nSPS) is 11.2. The summed E-state index contributed by atoms with van der Waals surface area (Å²) in [5.74, 6) is 1.53. The van der Waals surface area contributed by atoms with Gasteiger partial charge in [0.2, 0.25) is 5.91 Å². The Balaban J connectivity index is 1.72. The first kappa shape index (κ1) is 23.1. The van der Waals surface area contributed by atoms with Crippen molar-refractivity contribution in [1.29, 1.82) is 0 Å². The largest absolute Gasteiger partial charge is 0.493 e. The van der Waals surface area contributed by atoms with Crippen LogP contribution in [0.2, 0.25) is 0 Å². The van der Waals surface area contributed by atoms with E-state index in [4.69, 9.17) is 9.47 Å². The molecule has 0 aliphatic carbocycles. The van der Waals surface area contributed by atoms with Gasteiger partial charge in [0, 0.05) is 6.08 Å². The zero-order valence-corrected chi connectivity index (χ0v) is 19.6. The molecule has 6 nitrogen and oxygen atoms in total. The monoisotopic (exact) mass is 433 g/mol. The van der Waals surface area contributed by atoms with Gasteiger partial charge in [-0.15, -0.1) is 0 Å². The Morgan fingerprint density at radius 2 is 1.81 bits per heavy atom. The third kappa shape index (κ3) is 5.58. The van der Waals surface area contributed by atoms with Gasteiger partial charge in [-0.05, 0) is 62.6 Å². The third-order valence-electron chi connectivity index (χ3n) is 5.01. The first-order valence-corrected chi connectivity index (χ1v) is 10.7. The third-order valence-corrected chi connectivity index (χ3v) is 5.01. The number of nitrogens with zero attached hydrogens (tertiary/aromatic N) is 2. The molecule has 1 N–H and O–H groups in total. The molecule has 1 amide bonds. The molecule has 0 unspecified atom stereocenters. The summed E-state index contributed by atoms with van der Waals surface area (Å²) in [6, 6.07) is 13.7. The summed E-state index contributed by atoms with van der Waals surface area (Å²) in [7, 11) is 1.61. The first-order chi connectivity index (χ1) is 15.3. The number of nitrogens with one attached hydrogen (secondary N) is 1. The summed E-state index contributed by atoms with van der Waals surface area (Å²) in [5.41, 5.74) is 5.34. The van der Waals surface area contributed by atoms with Gasteiger partial charge in [-0.1, -0.05) is 37.6 Å². The maximum atomic E-state index is 12.6. The molecule has 0 aliphatic rings. The molecular weight excluding hydrogens is 402 g/mol. The lowest BCUT2D eigenvalue weighted by Gasteiger charge is -2.12. The van der Waals surface area contributed by atoms with E-state index in [1.54, 1.807) is 13.2 Å². The van der Waals surface area contributed by atoms with Crippen LogP contribution in [-0.4, -0.2) is 29.4 Å². The van der Waals surface area contributed by atoms with Gasteiger partial charge in [-0.3, -0.25) is 4.79 Å². The molecule has 0 atom stereocenters. The summed E-state index contributed by atoms with van der Waals surface area (Å²) in [6.45, 7) is 10.7.